The average molecular weight is 353 g/mol. The Hall–Kier alpha value is -1.98. The summed E-state index contributed by atoms with van der Waals surface area (Å²) < 4.78 is 12.3. The van der Waals surface area contributed by atoms with Crippen LogP contribution in [0.15, 0.2) is 42.7 Å². The van der Waals surface area contributed by atoms with E-state index in [0.717, 1.165) is 62.6 Å². The Morgan fingerprint density at radius 3 is 3.12 bits per heavy atom. The zero-order valence-electron chi connectivity index (χ0n) is 15.4. The van der Waals surface area contributed by atoms with Crippen molar-refractivity contribution < 1.29 is 9.47 Å². The number of aryl methyl sites for hydroxylation is 1. The Kier molecular flexibility index (Phi) is 5.18. The SMILES string of the molecule is Cc1cccc(CN2CC[C@@H]3OCCC[C@@]3(COc3cccnc3)C2)n1. The fourth-order valence-electron chi connectivity index (χ4n) is 4.30. The molecule has 0 radical (unpaired) electrons. The van der Waals surface area contributed by atoms with Gasteiger partial charge in [0.05, 0.1) is 24.6 Å². The van der Waals surface area contributed by atoms with E-state index in [9.17, 15) is 0 Å². The van der Waals surface area contributed by atoms with Crippen molar-refractivity contribution in [1.29, 1.82) is 0 Å². The summed E-state index contributed by atoms with van der Waals surface area (Å²) >= 11 is 0. The number of pyridine rings is 2. The van der Waals surface area contributed by atoms with Crippen molar-refractivity contribution in [3.63, 3.8) is 0 Å². The number of ether oxygens (including phenoxy) is 2. The van der Waals surface area contributed by atoms with Gasteiger partial charge in [-0.15, -0.1) is 0 Å². The van der Waals surface area contributed by atoms with Gasteiger partial charge in [-0.05, 0) is 50.5 Å². The molecule has 2 fully saturated rings. The topological polar surface area (TPSA) is 47.5 Å². The maximum Gasteiger partial charge on any atom is 0.137 e. The number of hydrogen-bond donors (Lipinski definition) is 0. The van der Waals surface area contributed by atoms with Gasteiger partial charge in [-0.1, -0.05) is 6.07 Å². The number of hydrogen-bond acceptors (Lipinski definition) is 5. The Morgan fingerprint density at radius 2 is 2.27 bits per heavy atom. The first-order chi connectivity index (χ1) is 12.7. The summed E-state index contributed by atoms with van der Waals surface area (Å²) in [6.45, 7) is 6.54. The minimum atomic E-state index is 0.0518. The Morgan fingerprint density at radius 1 is 1.31 bits per heavy atom. The summed E-state index contributed by atoms with van der Waals surface area (Å²) in [6, 6.07) is 10.1. The molecule has 2 aromatic rings. The quantitative estimate of drug-likeness (QED) is 0.826. The molecule has 0 aromatic carbocycles. The first kappa shape index (κ1) is 17.4. The van der Waals surface area contributed by atoms with Crippen LogP contribution in [-0.4, -0.2) is 47.3 Å². The van der Waals surface area contributed by atoms with E-state index in [1.54, 1.807) is 12.4 Å². The number of likely N-dealkylation sites (tertiary alicyclic amines) is 1. The van der Waals surface area contributed by atoms with Crippen LogP contribution in [0.25, 0.3) is 0 Å². The second-order valence-corrected chi connectivity index (χ2v) is 7.57. The third-order valence-corrected chi connectivity index (χ3v) is 5.56. The number of piperidine rings is 1. The second-order valence-electron chi connectivity index (χ2n) is 7.57. The van der Waals surface area contributed by atoms with Crippen LogP contribution in [-0.2, 0) is 11.3 Å². The fraction of sp³-hybridized carbons (Fsp3) is 0.524. The molecule has 5 nitrogen and oxygen atoms in total. The number of rotatable bonds is 5. The molecule has 0 unspecified atom stereocenters. The zero-order valence-corrected chi connectivity index (χ0v) is 15.4. The molecular weight excluding hydrogens is 326 g/mol. The van der Waals surface area contributed by atoms with Crippen molar-refractivity contribution in [3.05, 3.63) is 54.1 Å². The van der Waals surface area contributed by atoms with E-state index >= 15 is 0 Å². The van der Waals surface area contributed by atoms with Crippen LogP contribution in [0.2, 0.25) is 0 Å². The molecule has 138 valence electrons. The highest BCUT2D eigenvalue weighted by Crippen LogP contribution is 2.41. The summed E-state index contributed by atoms with van der Waals surface area (Å²) in [5.74, 6) is 0.837. The zero-order chi connectivity index (χ0) is 17.8. The van der Waals surface area contributed by atoms with Crippen molar-refractivity contribution in [1.82, 2.24) is 14.9 Å². The molecule has 0 aliphatic carbocycles. The summed E-state index contributed by atoms with van der Waals surface area (Å²) in [5.41, 5.74) is 2.27. The molecule has 2 aliphatic rings. The predicted octanol–water partition coefficient (Wildman–Crippen LogP) is 3.24. The van der Waals surface area contributed by atoms with Crippen LogP contribution < -0.4 is 4.74 Å². The largest absolute Gasteiger partial charge is 0.491 e. The summed E-state index contributed by atoms with van der Waals surface area (Å²) in [6.07, 6.45) is 7.15. The molecule has 0 saturated carbocycles. The Labute approximate surface area is 155 Å². The minimum Gasteiger partial charge on any atom is -0.491 e. The van der Waals surface area contributed by atoms with E-state index in [2.05, 4.69) is 27.0 Å². The van der Waals surface area contributed by atoms with Gasteiger partial charge in [-0.25, -0.2) is 0 Å². The van der Waals surface area contributed by atoms with Gasteiger partial charge in [-0.3, -0.25) is 14.9 Å². The molecule has 5 heteroatoms. The first-order valence-corrected chi connectivity index (χ1v) is 9.53. The number of nitrogens with zero attached hydrogens (tertiary/aromatic N) is 3. The van der Waals surface area contributed by atoms with E-state index in [1.807, 2.05) is 25.1 Å². The Balaban J connectivity index is 1.47. The molecule has 4 heterocycles. The molecule has 0 bridgehead atoms. The lowest BCUT2D eigenvalue weighted by molar-refractivity contribution is -0.141. The van der Waals surface area contributed by atoms with Crippen LogP contribution in [0.1, 0.15) is 30.7 Å². The smallest absolute Gasteiger partial charge is 0.137 e. The van der Waals surface area contributed by atoms with Gasteiger partial charge in [0.2, 0.25) is 0 Å². The van der Waals surface area contributed by atoms with E-state index in [4.69, 9.17) is 9.47 Å². The van der Waals surface area contributed by atoms with Crippen LogP contribution in [0, 0.1) is 12.3 Å². The van der Waals surface area contributed by atoms with E-state index in [-0.39, 0.29) is 11.5 Å². The molecule has 2 atom stereocenters. The Bertz CT molecular complexity index is 724. The number of fused-ring (bicyclic) bond motifs is 1. The summed E-state index contributed by atoms with van der Waals surface area (Å²) in [7, 11) is 0. The van der Waals surface area contributed by atoms with E-state index in [0.29, 0.717) is 6.61 Å². The van der Waals surface area contributed by atoms with Crippen molar-refractivity contribution in [2.75, 3.05) is 26.3 Å². The van der Waals surface area contributed by atoms with E-state index < -0.39 is 0 Å². The molecule has 26 heavy (non-hydrogen) atoms. The van der Waals surface area contributed by atoms with Crippen molar-refractivity contribution in [2.24, 2.45) is 5.41 Å². The molecule has 2 aromatic heterocycles. The summed E-state index contributed by atoms with van der Waals surface area (Å²) in [4.78, 5) is 11.3. The predicted molar refractivity (Wildman–Crippen MR) is 100 cm³/mol. The molecular formula is C21H27N3O2. The third kappa shape index (κ3) is 3.89. The van der Waals surface area contributed by atoms with Gasteiger partial charge < -0.3 is 9.47 Å². The standard InChI is InChI=1S/C21H27N3O2/c1-17-5-2-6-18(23-17)14-24-11-8-20-21(15-24,9-4-12-25-20)16-26-19-7-3-10-22-13-19/h2-3,5-7,10,13,20H,4,8-9,11-12,14-16H2,1H3/t20-,21-/m0/s1. The molecule has 0 N–H and O–H groups in total. The molecule has 2 saturated heterocycles. The van der Waals surface area contributed by atoms with Crippen LogP contribution in [0.3, 0.4) is 0 Å². The summed E-state index contributed by atoms with van der Waals surface area (Å²) in [5, 5.41) is 0. The van der Waals surface area contributed by atoms with Gasteiger partial charge in [-0.2, -0.15) is 0 Å². The molecule has 2 aliphatic heterocycles. The van der Waals surface area contributed by atoms with Crippen LogP contribution in [0.5, 0.6) is 5.75 Å². The van der Waals surface area contributed by atoms with Gasteiger partial charge in [0.15, 0.2) is 0 Å². The highest BCUT2D eigenvalue weighted by Gasteiger charge is 2.46. The van der Waals surface area contributed by atoms with Gasteiger partial charge in [0, 0.05) is 43.5 Å². The fourth-order valence-corrected chi connectivity index (χ4v) is 4.30. The van der Waals surface area contributed by atoms with Gasteiger partial charge in [0.25, 0.3) is 0 Å². The normalized spacial score (nSPS) is 26.3. The average Bonchev–Trinajstić information content (AvgIpc) is 2.67. The molecule has 4 rings (SSSR count). The van der Waals surface area contributed by atoms with Crippen molar-refractivity contribution in [3.8, 4) is 5.75 Å². The van der Waals surface area contributed by atoms with Crippen molar-refractivity contribution >= 4 is 0 Å². The van der Waals surface area contributed by atoms with Crippen molar-refractivity contribution in [2.45, 2.75) is 38.8 Å². The molecule has 0 spiro atoms. The minimum absolute atomic E-state index is 0.0518. The first-order valence-electron chi connectivity index (χ1n) is 9.53. The van der Waals surface area contributed by atoms with Crippen LogP contribution >= 0.6 is 0 Å². The highest BCUT2D eigenvalue weighted by atomic mass is 16.5. The van der Waals surface area contributed by atoms with Crippen LogP contribution in [0.4, 0.5) is 0 Å². The maximum atomic E-state index is 6.15. The maximum absolute atomic E-state index is 6.15. The lowest BCUT2D eigenvalue weighted by Crippen LogP contribution is -2.57. The second kappa shape index (κ2) is 7.72. The van der Waals surface area contributed by atoms with E-state index in [1.165, 1.54) is 0 Å². The number of aromatic nitrogens is 2. The lowest BCUT2D eigenvalue weighted by Gasteiger charge is -2.50. The highest BCUT2D eigenvalue weighted by molar-refractivity contribution is 5.16. The lowest BCUT2D eigenvalue weighted by atomic mass is 9.73. The third-order valence-electron chi connectivity index (χ3n) is 5.56. The van der Waals surface area contributed by atoms with Gasteiger partial charge in [0.1, 0.15) is 5.75 Å². The molecule has 0 amide bonds. The van der Waals surface area contributed by atoms with Gasteiger partial charge >= 0.3 is 0 Å². The monoisotopic (exact) mass is 353 g/mol.